The Labute approximate surface area is 171 Å². The molecule has 1 unspecified atom stereocenters. The molecule has 1 atom stereocenters. The number of piperidine rings is 1. The summed E-state index contributed by atoms with van der Waals surface area (Å²) in [5.41, 5.74) is 0.406. The van der Waals surface area contributed by atoms with Gasteiger partial charge in [0.2, 0.25) is 0 Å². The number of ether oxygens (including phenoxy) is 1. The Kier molecular flexibility index (Phi) is 8.75. The van der Waals surface area contributed by atoms with Crippen LogP contribution in [0.15, 0.2) is 4.99 Å². The number of hydrogen-bond acceptors (Lipinski definition) is 3. The van der Waals surface area contributed by atoms with E-state index in [1.54, 1.807) is 0 Å². The zero-order chi connectivity index (χ0) is 16.8. The summed E-state index contributed by atoms with van der Waals surface area (Å²) in [5, 5.41) is 3.58. The molecule has 0 radical (unpaired) electrons. The molecule has 0 aromatic heterocycles. The van der Waals surface area contributed by atoms with E-state index in [1.807, 2.05) is 7.05 Å². The number of aliphatic imine (C=N–C) groups is 1. The van der Waals surface area contributed by atoms with Crippen LogP contribution in [0.2, 0.25) is 0 Å². The maximum atomic E-state index is 5.63. The SMILES string of the molecule is CN=C(NCCCCN1CCC(C)CC1)N1CCC2(CCOC2)C1.I. The predicted molar refractivity (Wildman–Crippen MR) is 115 cm³/mol. The van der Waals surface area contributed by atoms with E-state index >= 15 is 0 Å². The van der Waals surface area contributed by atoms with Crippen LogP contribution in [-0.2, 0) is 4.74 Å². The van der Waals surface area contributed by atoms with Gasteiger partial charge in [0.1, 0.15) is 0 Å². The third-order valence-corrected chi connectivity index (χ3v) is 6.20. The molecule has 0 amide bonds. The molecule has 1 N–H and O–H groups in total. The monoisotopic (exact) mass is 464 g/mol. The standard InChI is InChI=1S/C19H36N4O.HI/c1-17-5-11-22(12-6-17)10-4-3-9-21-18(20-2)23-13-7-19(15-23)8-14-24-16-19;/h17H,3-16H2,1-2H3,(H,20,21);1H. The maximum absolute atomic E-state index is 5.63. The van der Waals surface area contributed by atoms with Gasteiger partial charge in [0.15, 0.2) is 5.96 Å². The average molecular weight is 464 g/mol. The van der Waals surface area contributed by atoms with Crippen LogP contribution in [0.1, 0.15) is 45.4 Å². The van der Waals surface area contributed by atoms with Gasteiger partial charge >= 0.3 is 0 Å². The molecule has 3 rings (SSSR count). The van der Waals surface area contributed by atoms with Gasteiger partial charge in [-0.1, -0.05) is 6.92 Å². The molecular formula is C19H37IN4O. The number of likely N-dealkylation sites (tertiary alicyclic amines) is 2. The largest absolute Gasteiger partial charge is 0.381 e. The second-order valence-electron chi connectivity index (χ2n) is 8.18. The van der Waals surface area contributed by atoms with E-state index in [4.69, 9.17) is 4.74 Å². The molecule has 3 aliphatic rings. The molecule has 3 heterocycles. The van der Waals surface area contributed by atoms with Crippen molar-refractivity contribution in [3.8, 4) is 0 Å². The van der Waals surface area contributed by atoms with E-state index in [9.17, 15) is 0 Å². The molecule has 0 aromatic rings. The van der Waals surface area contributed by atoms with E-state index in [2.05, 4.69) is 27.0 Å². The summed E-state index contributed by atoms with van der Waals surface area (Å²) < 4.78 is 5.63. The van der Waals surface area contributed by atoms with Crippen molar-refractivity contribution in [3.05, 3.63) is 0 Å². The number of nitrogens with one attached hydrogen (secondary N) is 1. The van der Waals surface area contributed by atoms with E-state index in [1.165, 1.54) is 58.2 Å². The van der Waals surface area contributed by atoms with Crippen LogP contribution in [0, 0.1) is 11.3 Å². The van der Waals surface area contributed by atoms with Crippen molar-refractivity contribution in [3.63, 3.8) is 0 Å². The molecule has 146 valence electrons. The molecule has 5 nitrogen and oxygen atoms in total. The van der Waals surface area contributed by atoms with Crippen molar-refractivity contribution >= 4 is 29.9 Å². The Morgan fingerprint density at radius 1 is 1.20 bits per heavy atom. The van der Waals surface area contributed by atoms with Crippen molar-refractivity contribution in [2.75, 3.05) is 59.5 Å². The van der Waals surface area contributed by atoms with Gasteiger partial charge in [-0.3, -0.25) is 4.99 Å². The van der Waals surface area contributed by atoms with Gasteiger partial charge in [-0.25, -0.2) is 0 Å². The summed E-state index contributed by atoms with van der Waals surface area (Å²) in [6.45, 7) is 11.4. The molecule has 3 aliphatic heterocycles. The summed E-state index contributed by atoms with van der Waals surface area (Å²) in [6, 6.07) is 0. The highest BCUT2D eigenvalue weighted by molar-refractivity contribution is 14.0. The van der Waals surface area contributed by atoms with Gasteiger partial charge < -0.3 is 19.9 Å². The van der Waals surface area contributed by atoms with Gasteiger partial charge in [0, 0.05) is 38.7 Å². The van der Waals surface area contributed by atoms with Crippen LogP contribution in [-0.4, -0.2) is 75.3 Å². The summed E-state index contributed by atoms with van der Waals surface area (Å²) in [5.74, 6) is 2.02. The highest BCUT2D eigenvalue weighted by atomic mass is 127. The van der Waals surface area contributed by atoms with Crippen molar-refractivity contribution in [2.45, 2.75) is 45.4 Å². The summed E-state index contributed by atoms with van der Waals surface area (Å²) in [7, 11) is 1.91. The second-order valence-corrected chi connectivity index (χ2v) is 8.18. The molecule has 0 aliphatic carbocycles. The minimum Gasteiger partial charge on any atom is -0.381 e. The van der Waals surface area contributed by atoms with E-state index in [0.717, 1.165) is 44.7 Å². The van der Waals surface area contributed by atoms with Gasteiger partial charge in [0.05, 0.1) is 6.61 Å². The molecule has 3 fully saturated rings. The quantitative estimate of drug-likeness (QED) is 0.294. The van der Waals surface area contributed by atoms with E-state index in [-0.39, 0.29) is 24.0 Å². The number of rotatable bonds is 5. The Bertz CT molecular complexity index is 418. The fourth-order valence-corrected chi connectivity index (χ4v) is 4.37. The molecule has 0 bridgehead atoms. The minimum atomic E-state index is 0. The highest BCUT2D eigenvalue weighted by Crippen LogP contribution is 2.38. The predicted octanol–water partition coefficient (Wildman–Crippen LogP) is 2.80. The first-order valence-electron chi connectivity index (χ1n) is 9.96. The lowest BCUT2D eigenvalue weighted by Gasteiger charge is -2.30. The Morgan fingerprint density at radius 3 is 2.68 bits per heavy atom. The van der Waals surface area contributed by atoms with Crippen molar-refractivity contribution in [2.24, 2.45) is 16.3 Å². The van der Waals surface area contributed by atoms with Crippen molar-refractivity contribution in [1.82, 2.24) is 15.1 Å². The fourth-order valence-electron chi connectivity index (χ4n) is 4.37. The number of guanidine groups is 1. The normalized spacial score (nSPS) is 28.6. The Balaban J connectivity index is 0.00000225. The van der Waals surface area contributed by atoms with Gasteiger partial charge in [0.25, 0.3) is 0 Å². The van der Waals surface area contributed by atoms with Crippen LogP contribution in [0.5, 0.6) is 0 Å². The van der Waals surface area contributed by atoms with E-state index < -0.39 is 0 Å². The number of nitrogens with zero attached hydrogens (tertiary/aromatic N) is 3. The first kappa shape index (κ1) is 21.2. The first-order chi connectivity index (χ1) is 11.7. The second kappa shape index (κ2) is 10.3. The number of hydrogen-bond donors (Lipinski definition) is 1. The third-order valence-electron chi connectivity index (χ3n) is 6.20. The van der Waals surface area contributed by atoms with Crippen molar-refractivity contribution in [1.29, 1.82) is 0 Å². The zero-order valence-electron chi connectivity index (χ0n) is 16.1. The van der Waals surface area contributed by atoms with Crippen LogP contribution in [0.3, 0.4) is 0 Å². The average Bonchev–Trinajstić information content (AvgIpc) is 3.23. The molecule has 25 heavy (non-hydrogen) atoms. The molecule has 0 saturated carbocycles. The Morgan fingerprint density at radius 2 is 2.00 bits per heavy atom. The lowest BCUT2D eigenvalue weighted by atomic mass is 9.87. The van der Waals surface area contributed by atoms with Crippen LogP contribution < -0.4 is 5.32 Å². The number of halogens is 1. The molecule has 6 heteroatoms. The van der Waals surface area contributed by atoms with Crippen LogP contribution in [0.4, 0.5) is 0 Å². The fraction of sp³-hybridized carbons (Fsp3) is 0.947. The molecule has 0 aromatic carbocycles. The van der Waals surface area contributed by atoms with Gasteiger partial charge in [-0.15, -0.1) is 24.0 Å². The van der Waals surface area contributed by atoms with Crippen LogP contribution >= 0.6 is 24.0 Å². The smallest absolute Gasteiger partial charge is 0.193 e. The summed E-state index contributed by atoms with van der Waals surface area (Å²) >= 11 is 0. The first-order valence-corrected chi connectivity index (χ1v) is 9.96. The highest BCUT2D eigenvalue weighted by Gasteiger charge is 2.42. The Hall–Kier alpha value is -0.0800. The van der Waals surface area contributed by atoms with E-state index in [0.29, 0.717) is 5.41 Å². The molecule has 1 spiro atoms. The van der Waals surface area contributed by atoms with Crippen LogP contribution in [0.25, 0.3) is 0 Å². The summed E-state index contributed by atoms with van der Waals surface area (Å²) in [6.07, 6.45) is 7.75. The topological polar surface area (TPSA) is 40.1 Å². The van der Waals surface area contributed by atoms with Gasteiger partial charge in [-0.2, -0.15) is 0 Å². The summed E-state index contributed by atoms with van der Waals surface area (Å²) in [4.78, 5) is 9.57. The lowest BCUT2D eigenvalue weighted by molar-refractivity contribution is 0.156. The number of unbranched alkanes of at least 4 members (excludes halogenated alkanes) is 1. The molecule has 3 saturated heterocycles. The third kappa shape index (κ3) is 5.96. The van der Waals surface area contributed by atoms with Crippen molar-refractivity contribution < 1.29 is 4.74 Å². The zero-order valence-corrected chi connectivity index (χ0v) is 18.5. The minimum absolute atomic E-state index is 0. The van der Waals surface area contributed by atoms with Gasteiger partial charge in [-0.05, 0) is 64.1 Å². The molecular weight excluding hydrogens is 427 g/mol. The lowest BCUT2D eigenvalue weighted by Crippen LogP contribution is -2.42. The maximum Gasteiger partial charge on any atom is 0.193 e.